The maximum atomic E-state index is 11.5. The topological polar surface area (TPSA) is 44.8 Å². The van der Waals surface area contributed by atoms with Gasteiger partial charge in [-0.3, -0.25) is 4.79 Å². The van der Waals surface area contributed by atoms with Crippen molar-refractivity contribution in [3.05, 3.63) is 27.7 Å². The van der Waals surface area contributed by atoms with Crippen LogP contribution in [0.4, 0.5) is 0 Å². The smallest absolute Gasteiger partial charge is 0.303 e. The molecule has 0 aromatic heterocycles. The molecule has 0 amide bonds. The van der Waals surface area contributed by atoms with Crippen molar-refractivity contribution >= 4 is 33.5 Å². The summed E-state index contributed by atoms with van der Waals surface area (Å²) in [5.74, 6) is 0.554. The second-order valence-electron chi connectivity index (χ2n) is 5.94. The van der Waals surface area contributed by atoms with Gasteiger partial charge in [-0.2, -0.15) is 0 Å². The van der Waals surface area contributed by atoms with Crippen molar-refractivity contribution in [3.8, 4) is 5.75 Å². The summed E-state index contributed by atoms with van der Waals surface area (Å²) in [6.07, 6.45) is -0.221. The van der Waals surface area contributed by atoms with Gasteiger partial charge in [-0.25, -0.2) is 0 Å². The Labute approximate surface area is 150 Å². The molecule has 23 heavy (non-hydrogen) atoms. The molecule has 0 saturated carbocycles. The number of hydrogen-bond donors (Lipinski definition) is 0. The van der Waals surface area contributed by atoms with Gasteiger partial charge in [0.2, 0.25) is 6.29 Å². The van der Waals surface area contributed by atoms with E-state index < -0.39 is 12.4 Å². The van der Waals surface area contributed by atoms with E-state index in [0.717, 1.165) is 10.9 Å². The van der Waals surface area contributed by atoms with Gasteiger partial charge in [0.1, 0.15) is 5.75 Å². The van der Waals surface area contributed by atoms with E-state index in [1.807, 2.05) is 6.07 Å². The molecule has 0 radical (unpaired) electrons. The van der Waals surface area contributed by atoms with Crippen molar-refractivity contribution in [2.24, 2.45) is 11.8 Å². The Morgan fingerprint density at radius 2 is 2.04 bits per heavy atom. The summed E-state index contributed by atoms with van der Waals surface area (Å²) in [5, 5.41) is 0.476. The van der Waals surface area contributed by atoms with Crippen LogP contribution in [0.2, 0.25) is 5.02 Å². The minimum absolute atomic E-state index is 0.0519. The van der Waals surface area contributed by atoms with Crippen molar-refractivity contribution in [1.29, 1.82) is 0 Å². The van der Waals surface area contributed by atoms with Crippen LogP contribution >= 0.6 is 27.5 Å². The van der Waals surface area contributed by atoms with E-state index >= 15 is 0 Å². The largest absolute Gasteiger partial charge is 0.459 e. The molecule has 1 aliphatic heterocycles. The molecule has 0 spiro atoms. The number of carbonyl (C=O) groups is 1. The van der Waals surface area contributed by atoms with Crippen molar-refractivity contribution in [3.63, 3.8) is 0 Å². The zero-order valence-electron chi connectivity index (χ0n) is 13.7. The lowest BCUT2D eigenvalue weighted by molar-refractivity contribution is -0.246. The Morgan fingerprint density at radius 1 is 1.35 bits per heavy atom. The van der Waals surface area contributed by atoms with Crippen LogP contribution in [-0.4, -0.2) is 24.5 Å². The van der Waals surface area contributed by atoms with E-state index in [1.165, 1.54) is 6.92 Å². The molecule has 1 fully saturated rings. The maximum absolute atomic E-state index is 11.5. The van der Waals surface area contributed by atoms with E-state index in [2.05, 4.69) is 36.7 Å². The fourth-order valence-electron chi connectivity index (χ4n) is 2.87. The average Bonchev–Trinajstić information content (AvgIpc) is 2.48. The minimum Gasteiger partial charge on any atom is -0.459 e. The Morgan fingerprint density at radius 3 is 2.61 bits per heavy atom. The van der Waals surface area contributed by atoms with Crippen LogP contribution in [0.3, 0.4) is 0 Å². The van der Waals surface area contributed by atoms with Crippen molar-refractivity contribution in [2.45, 2.75) is 52.6 Å². The molecule has 0 bridgehead atoms. The molecule has 1 aromatic carbocycles. The zero-order chi connectivity index (χ0) is 17.1. The average molecular weight is 406 g/mol. The Kier molecular flexibility index (Phi) is 6.34. The van der Waals surface area contributed by atoms with Gasteiger partial charge < -0.3 is 14.2 Å². The minimum atomic E-state index is -0.672. The molecule has 2 rings (SSSR count). The summed E-state index contributed by atoms with van der Waals surface area (Å²) in [6.45, 7) is 7.64. The molecular weight excluding hydrogens is 384 g/mol. The first-order chi connectivity index (χ1) is 10.8. The van der Waals surface area contributed by atoms with Gasteiger partial charge in [-0.15, -0.1) is 0 Å². The number of hydrogen-bond acceptors (Lipinski definition) is 4. The molecule has 1 heterocycles. The highest BCUT2D eigenvalue weighted by molar-refractivity contribution is 9.10. The van der Waals surface area contributed by atoms with Gasteiger partial charge in [0.25, 0.3) is 0 Å². The van der Waals surface area contributed by atoms with E-state index in [1.54, 1.807) is 12.1 Å². The Bertz CT molecular complexity index is 566. The lowest BCUT2D eigenvalue weighted by atomic mass is 9.82. The van der Waals surface area contributed by atoms with Crippen molar-refractivity contribution in [2.75, 3.05) is 0 Å². The maximum Gasteiger partial charge on any atom is 0.303 e. The van der Waals surface area contributed by atoms with Gasteiger partial charge in [0.15, 0.2) is 6.10 Å². The van der Waals surface area contributed by atoms with E-state index in [-0.39, 0.29) is 23.9 Å². The molecular formula is C17H22BrClO4. The summed E-state index contributed by atoms with van der Waals surface area (Å²) >= 11 is 9.58. The zero-order valence-corrected chi connectivity index (χ0v) is 16.1. The summed E-state index contributed by atoms with van der Waals surface area (Å²) in [5.41, 5.74) is 0. The van der Waals surface area contributed by atoms with Gasteiger partial charge in [-0.05, 0) is 30.5 Å². The third-order valence-corrected chi connectivity index (χ3v) is 5.14. The van der Waals surface area contributed by atoms with Crippen LogP contribution in [0.5, 0.6) is 5.75 Å². The molecule has 5 atom stereocenters. The highest BCUT2D eigenvalue weighted by Crippen LogP contribution is 2.37. The van der Waals surface area contributed by atoms with Crippen LogP contribution < -0.4 is 4.74 Å². The van der Waals surface area contributed by atoms with E-state index in [4.69, 9.17) is 25.8 Å². The fraction of sp³-hybridized carbons (Fsp3) is 0.588. The predicted molar refractivity (Wildman–Crippen MR) is 92.6 cm³/mol. The van der Waals surface area contributed by atoms with Crippen LogP contribution in [-0.2, 0) is 14.3 Å². The molecule has 128 valence electrons. The Balaban J connectivity index is 2.25. The first kappa shape index (κ1) is 18.6. The van der Waals surface area contributed by atoms with Crippen molar-refractivity contribution in [1.82, 2.24) is 0 Å². The summed E-state index contributed by atoms with van der Waals surface area (Å²) < 4.78 is 18.3. The third-order valence-electron chi connectivity index (χ3n) is 4.35. The lowest BCUT2D eigenvalue weighted by Gasteiger charge is -2.43. The SMILES string of the molecule is CCC1O[C@H](Oc2ccc(Br)cc2Cl)C(OC(C)=O)[C@@H](C)[C@@H]1C. The normalized spacial score (nSPS) is 30.8. The number of rotatable bonds is 4. The summed E-state index contributed by atoms with van der Waals surface area (Å²) in [6, 6.07) is 5.36. The second-order valence-corrected chi connectivity index (χ2v) is 7.26. The third kappa shape index (κ3) is 4.40. The number of ether oxygens (including phenoxy) is 3. The first-order valence-corrected chi connectivity index (χ1v) is 8.95. The molecule has 4 nitrogen and oxygen atoms in total. The van der Waals surface area contributed by atoms with Gasteiger partial charge >= 0.3 is 5.97 Å². The second kappa shape index (κ2) is 7.86. The fourth-order valence-corrected chi connectivity index (χ4v) is 3.59. The quantitative estimate of drug-likeness (QED) is 0.674. The van der Waals surface area contributed by atoms with Gasteiger partial charge in [-0.1, -0.05) is 48.3 Å². The Hall–Kier alpha value is -0.780. The molecule has 1 aromatic rings. The number of benzene rings is 1. The summed E-state index contributed by atoms with van der Waals surface area (Å²) in [7, 11) is 0. The van der Waals surface area contributed by atoms with Crippen LogP contribution in [0.25, 0.3) is 0 Å². The number of esters is 1. The molecule has 0 aliphatic carbocycles. The molecule has 2 unspecified atom stereocenters. The highest BCUT2D eigenvalue weighted by Gasteiger charge is 2.44. The van der Waals surface area contributed by atoms with Gasteiger partial charge in [0, 0.05) is 17.3 Å². The van der Waals surface area contributed by atoms with E-state index in [0.29, 0.717) is 10.8 Å². The first-order valence-electron chi connectivity index (χ1n) is 7.77. The monoisotopic (exact) mass is 404 g/mol. The van der Waals surface area contributed by atoms with Crippen molar-refractivity contribution < 1.29 is 19.0 Å². The number of halogens is 2. The number of carbonyl (C=O) groups excluding carboxylic acids is 1. The summed E-state index contributed by atoms with van der Waals surface area (Å²) in [4.78, 5) is 11.5. The molecule has 1 saturated heterocycles. The molecule has 1 aliphatic rings. The lowest BCUT2D eigenvalue weighted by Crippen LogP contribution is -2.53. The molecule has 6 heteroatoms. The molecule has 0 N–H and O–H groups in total. The van der Waals surface area contributed by atoms with Gasteiger partial charge in [0.05, 0.1) is 11.1 Å². The highest BCUT2D eigenvalue weighted by atomic mass is 79.9. The predicted octanol–water partition coefficient (Wildman–Crippen LogP) is 4.82. The van der Waals surface area contributed by atoms with Crippen LogP contribution in [0.15, 0.2) is 22.7 Å². The van der Waals surface area contributed by atoms with Crippen LogP contribution in [0, 0.1) is 11.8 Å². The van der Waals surface area contributed by atoms with Crippen LogP contribution in [0.1, 0.15) is 34.1 Å². The standard InChI is InChI=1S/C17H22BrClO4/c1-5-14-9(2)10(3)16(21-11(4)20)17(22-14)23-15-7-6-12(18)8-13(15)19/h6-10,14,16-17H,5H2,1-4H3/t9-,10-,14?,16?,17+/m0/s1. The van der Waals surface area contributed by atoms with E-state index in [9.17, 15) is 4.79 Å².